The van der Waals surface area contributed by atoms with Gasteiger partial charge in [-0.3, -0.25) is 28.8 Å². The predicted octanol–water partition coefficient (Wildman–Crippen LogP) is -4.89. The van der Waals surface area contributed by atoms with Gasteiger partial charge >= 0.3 is 41.2 Å². The Kier molecular flexibility index (Phi) is 11.7. The number of rotatable bonds is 16. The van der Waals surface area contributed by atoms with Crippen LogP contribution in [0.25, 0.3) is 0 Å². The maximum atomic E-state index is 12.5. The zero-order chi connectivity index (χ0) is 32.7. The molecule has 24 heteroatoms. The molecule has 2 atom stereocenters. The van der Waals surface area contributed by atoms with Gasteiger partial charge in [-0.25, -0.2) is 28.8 Å². The molecule has 0 aliphatic carbocycles. The van der Waals surface area contributed by atoms with Crippen LogP contribution in [0.2, 0.25) is 0 Å². The minimum atomic E-state index is -4.15. The van der Waals surface area contributed by atoms with Gasteiger partial charge in [0.2, 0.25) is 0 Å². The maximum absolute atomic E-state index is 12.5. The Bertz CT molecular complexity index is 1110. The van der Waals surface area contributed by atoms with Crippen molar-refractivity contribution >= 4 is 88.8 Å². The Labute approximate surface area is 228 Å². The van der Waals surface area contributed by atoms with E-state index in [0.717, 1.165) is 0 Å². The van der Waals surface area contributed by atoms with Crippen molar-refractivity contribution in [3.8, 4) is 0 Å². The van der Waals surface area contributed by atoms with Crippen molar-refractivity contribution in [2.75, 3.05) is 0 Å². The summed E-state index contributed by atoms with van der Waals surface area (Å²) in [6.07, 6.45) is 0. The molecule has 0 saturated heterocycles. The quantitative estimate of drug-likeness (QED) is 0.0565. The second-order valence-electron chi connectivity index (χ2n) is 7.26. The van der Waals surface area contributed by atoms with Crippen molar-refractivity contribution in [2.45, 2.75) is 13.8 Å². The molecule has 2 unspecified atom stereocenters. The van der Waals surface area contributed by atoms with E-state index in [1.165, 1.54) is 20.3 Å². The van der Waals surface area contributed by atoms with Crippen molar-refractivity contribution in [3.05, 3.63) is 0 Å². The van der Waals surface area contributed by atoms with Crippen molar-refractivity contribution in [2.24, 2.45) is 16.2 Å². The largest absolute Gasteiger partial charge is 0.480 e. The van der Waals surface area contributed by atoms with Crippen LogP contribution in [0.3, 0.4) is 0 Å². The number of amides is 4. The SMILES string of the molecule is CC(=O)C(C(=O)O)(C(=O)O)C(=O)NPNC(=O)C(C(=O)O)(C(=O)O)C(=O)NPNC(=O)C(C(C)=O)(C(=O)O)C(=O)O. The van der Waals surface area contributed by atoms with Gasteiger partial charge in [0, 0.05) is 0 Å². The van der Waals surface area contributed by atoms with E-state index < -0.39 is 105 Å². The minimum absolute atomic E-state index is 0.417. The van der Waals surface area contributed by atoms with Gasteiger partial charge in [-0.1, -0.05) is 0 Å². The molecule has 0 saturated carbocycles. The molecule has 0 bridgehead atoms. The second kappa shape index (κ2) is 13.3. The summed E-state index contributed by atoms with van der Waals surface area (Å²) < 4.78 is 0. The lowest BCUT2D eigenvalue weighted by Crippen LogP contribution is -2.60. The Morgan fingerprint density at radius 2 is 0.561 bits per heavy atom. The fourth-order valence-corrected chi connectivity index (χ4v) is 4.07. The van der Waals surface area contributed by atoms with Gasteiger partial charge in [0.15, 0.2) is 11.6 Å². The molecule has 0 fully saturated rings. The van der Waals surface area contributed by atoms with Crippen LogP contribution in [0.5, 0.6) is 0 Å². The summed E-state index contributed by atoms with van der Waals surface area (Å²) in [6, 6.07) is 0. The van der Waals surface area contributed by atoms with Crippen LogP contribution in [0.4, 0.5) is 0 Å². The average Bonchev–Trinajstić information content (AvgIpc) is 2.78. The Hall–Kier alpha value is -5.10. The molecule has 0 heterocycles. The van der Waals surface area contributed by atoms with E-state index in [4.69, 9.17) is 20.4 Å². The Morgan fingerprint density at radius 1 is 0.390 bits per heavy atom. The Balaban J connectivity index is 5.98. The van der Waals surface area contributed by atoms with Crippen molar-refractivity contribution in [3.63, 3.8) is 0 Å². The summed E-state index contributed by atoms with van der Waals surface area (Å²) in [5.74, 6) is -27.3. The highest BCUT2D eigenvalue weighted by molar-refractivity contribution is 7.35. The average molecular weight is 628 g/mol. The zero-order valence-corrected chi connectivity index (χ0v) is 22.1. The number of Topliss-reactive ketones (excluding diaryl/α,β-unsaturated/α-hetero) is 2. The fourth-order valence-electron chi connectivity index (χ4n) is 2.74. The maximum Gasteiger partial charge on any atom is 0.340 e. The molecule has 0 aromatic heterocycles. The smallest absolute Gasteiger partial charge is 0.340 e. The summed E-state index contributed by atoms with van der Waals surface area (Å²) in [5.41, 5.74) is -11.6. The first kappa shape index (κ1) is 35.9. The van der Waals surface area contributed by atoms with E-state index >= 15 is 0 Å². The van der Waals surface area contributed by atoms with Crippen LogP contribution in [0.15, 0.2) is 0 Å². The van der Waals surface area contributed by atoms with Crippen molar-refractivity contribution in [1.82, 2.24) is 20.3 Å². The first-order valence-electron chi connectivity index (χ1n) is 9.79. The fraction of sp³-hybridized carbons (Fsp3) is 0.294. The molecule has 0 spiro atoms. The van der Waals surface area contributed by atoms with Crippen LogP contribution in [0, 0.1) is 16.2 Å². The van der Waals surface area contributed by atoms with Crippen molar-refractivity contribution in [1.29, 1.82) is 0 Å². The summed E-state index contributed by atoms with van der Waals surface area (Å²) in [7, 11) is -3.48. The molecular weight excluding hydrogens is 610 g/mol. The minimum Gasteiger partial charge on any atom is -0.480 e. The molecule has 0 aromatic carbocycles. The van der Waals surface area contributed by atoms with Gasteiger partial charge in [0.1, 0.15) is 0 Å². The van der Waals surface area contributed by atoms with E-state index in [2.05, 4.69) is 0 Å². The van der Waals surface area contributed by atoms with Crippen LogP contribution in [-0.4, -0.2) is 102 Å². The van der Waals surface area contributed by atoms with E-state index in [-0.39, 0.29) is 0 Å². The monoisotopic (exact) mass is 628 g/mol. The normalized spacial score (nSPS) is 11.8. The number of ketones is 2. The molecular formula is C17H18N4O18P2. The van der Waals surface area contributed by atoms with Crippen LogP contribution < -0.4 is 20.3 Å². The summed E-state index contributed by atoms with van der Waals surface area (Å²) in [5, 5.41) is 60.8. The molecule has 0 radical (unpaired) electrons. The van der Waals surface area contributed by atoms with Gasteiger partial charge in [0.25, 0.3) is 34.5 Å². The van der Waals surface area contributed by atoms with E-state index in [1.807, 2.05) is 0 Å². The second-order valence-corrected chi connectivity index (χ2v) is 8.76. The third-order valence-corrected chi connectivity index (χ3v) is 6.46. The van der Waals surface area contributed by atoms with Crippen LogP contribution in [-0.2, 0) is 57.5 Å². The standard InChI is InChI=1S/C17H18N4O18P2/c1-3(22)15(9(28)29,10(30)31)5(24)18-40-20-7(26)17(13(36)37,14(38)39)8(27)21-41-19-6(25)16(4(2)23,11(32)33)12(34)35/h40-41H,1-2H3,(H,18,24)(H,19,25)(H,20,26)(H,21,27)(H,28,29)(H,30,31)(H,32,33)(H,34,35)(H,36,37)(H,38,39). The third kappa shape index (κ3) is 6.07. The topological polar surface area (TPSA) is 374 Å². The predicted molar refractivity (Wildman–Crippen MR) is 124 cm³/mol. The van der Waals surface area contributed by atoms with Gasteiger partial charge in [-0.15, -0.1) is 0 Å². The number of carboxylic acids is 6. The number of aliphatic carboxylic acids is 6. The lowest BCUT2D eigenvalue weighted by molar-refractivity contribution is -0.174. The van der Waals surface area contributed by atoms with Crippen molar-refractivity contribution < 1.29 is 88.2 Å². The highest BCUT2D eigenvalue weighted by Gasteiger charge is 2.62. The summed E-state index contributed by atoms with van der Waals surface area (Å²) >= 11 is 0. The van der Waals surface area contributed by atoms with Gasteiger partial charge in [-0.2, -0.15) is 0 Å². The lowest BCUT2D eigenvalue weighted by atomic mass is 9.83. The van der Waals surface area contributed by atoms with E-state index in [0.29, 0.717) is 13.8 Å². The van der Waals surface area contributed by atoms with Gasteiger partial charge < -0.3 is 51.0 Å². The molecule has 0 rings (SSSR count). The number of hydrogen-bond acceptors (Lipinski definition) is 12. The summed E-state index contributed by atoms with van der Waals surface area (Å²) in [4.78, 5) is 141. The van der Waals surface area contributed by atoms with Crippen LogP contribution >= 0.6 is 17.8 Å². The zero-order valence-electron chi connectivity index (χ0n) is 20.1. The molecule has 4 amide bonds. The lowest BCUT2D eigenvalue weighted by Gasteiger charge is -2.24. The van der Waals surface area contributed by atoms with Gasteiger partial charge in [-0.05, 0) is 13.8 Å². The molecule has 0 aromatic rings. The molecule has 41 heavy (non-hydrogen) atoms. The number of carbonyl (C=O) groups excluding carboxylic acids is 6. The molecule has 10 N–H and O–H groups in total. The highest BCUT2D eigenvalue weighted by atomic mass is 31.1. The molecule has 224 valence electrons. The molecule has 0 aliphatic heterocycles. The number of hydrogen-bond donors (Lipinski definition) is 10. The number of carbonyl (C=O) groups is 12. The van der Waals surface area contributed by atoms with Gasteiger partial charge in [0.05, 0.1) is 17.8 Å². The van der Waals surface area contributed by atoms with E-state index in [9.17, 15) is 67.7 Å². The Morgan fingerprint density at radius 3 is 0.707 bits per heavy atom. The summed E-state index contributed by atoms with van der Waals surface area (Å²) in [6.45, 7) is 0.835. The van der Waals surface area contributed by atoms with Crippen LogP contribution in [0.1, 0.15) is 13.8 Å². The molecule has 22 nitrogen and oxygen atoms in total. The first-order chi connectivity index (χ1) is 18.6. The molecule has 0 aliphatic rings. The first-order valence-corrected chi connectivity index (χ1v) is 11.8. The third-order valence-electron chi connectivity index (χ3n) is 5.05. The number of carboxylic acid groups (broad SMARTS) is 6. The van der Waals surface area contributed by atoms with E-state index in [1.54, 1.807) is 0 Å². The number of nitrogens with one attached hydrogen (secondary N) is 4. The highest BCUT2D eigenvalue weighted by Crippen LogP contribution is 2.26.